The van der Waals surface area contributed by atoms with Crippen molar-refractivity contribution in [2.75, 3.05) is 0 Å². The zero-order valence-corrected chi connectivity index (χ0v) is 34.8. The molecular weight excluding hydrogens is 779 g/mol. The minimum atomic E-state index is 0.594. The average molecular weight is 818 g/mol. The van der Waals surface area contributed by atoms with Crippen LogP contribution in [0.1, 0.15) is 0 Å². The summed E-state index contributed by atoms with van der Waals surface area (Å²) < 4.78 is 0. The summed E-state index contributed by atoms with van der Waals surface area (Å²) in [6, 6.07) is 81.8. The second-order valence-corrected chi connectivity index (χ2v) is 15.8. The number of aromatic nitrogens is 5. The van der Waals surface area contributed by atoms with Crippen molar-refractivity contribution in [3.8, 4) is 101 Å². The Kier molecular flexibility index (Phi) is 10.2. The molecule has 0 radical (unpaired) electrons. The lowest BCUT2D eigenvalue weighted by atomic mass is 9.98. The highest BCUT2D eigenvalue weighted by atomic mass is 15.0. The second kappa shape index (κ2) is 17.0. The third-order valence-electron chi connectivity index (χ3n) is 11.5. The van der Waals surface area contributed by atoms with Crippen LogP contribution in [0.4, 0.5) is 0 Å². The van der Waals surface area contributed by atoms with E-state index in [1.807, 2.05) is 30.3 Å². The van der Waals surface area contributed by atoms with Crippen LogP contribution in [0.5, 0.6) is 0 Å². The molecule has 5 heteroatoms. The molecule has 11 aromatic rings. The van der Waals surface area contributed by atoms with E-state index in [0.717, 1.165) is 78.1 Å². The highest BCUT2D eigenvalue weighted by Gasteiger charge is 2.16. The molecule has 0 aliphatic heterocycles. The van der Waals surface area contributed by atoms with Gasteiger partial charge in [0.2, 0.25) is 0 Å². The minimum Gasteiger partial charge on any atom is -0.228 e. The highest BCUT2D eigenvalue weighted by Crippen LogP contribution is 2.34. The number of fused-ring (bicyclic) bond motifs is 1. The topological polar surface area (TPSA) is 64.5 Å². The first-order valence-electron chi connectivity index (χ1n) is 21.4. The quantitative estimate of drug-likeness (QED) is 0.145. The Bertz CT molecular complexity index is 3340. The van der Waals surface area contributed by atoms with Crippen molar-refractivity contribution in [3.05, 3.63) is 237 Å². The lowest BCUT2D eigenvalue weighted by Gasteiger charge is -2.12. The normalized spacial score (nSPS) is 11.1. The first-order valence-corrected chi connectivity index (χ1v) is 21.4. The molecule has 0 spiro atoms. The fourth-order valence-electron chi connectivity index (χ4n) is 8.20. The van der Waals surface area contributed by atoms with E-state index < -0.39 is 0 Å². The third-order valence-corrected chi connectivity index (χ3v) is 11.5. The van der Waals surface area contributed by atoms with E-state index >= 15 is 0 Å². The van der Waals surface area contributed by atoms with Crippen molar-refractivity contribution >= 4 is 10.8 Å². The van der Waals surface area contributed by atoms with Crippen molar-refractivity contribution in [2.45, 2.75) is 0 Å². The van der Waals surface area contributed by atoms with Crippen LogP contribution in [0.3, 0.4) is 0 Å². The van der Waals surface area contributed by atoms with Gasteiger partial charge in [-0.3, -0.25) is 0 Å². The van der Waals surface area contributed by atoms with Crippen molar-refractivity contribution in [1.82, 2.24) is 24.9 Å². The molecule has 0 saturated heterocycles. The maximum atomic E-state index is 5.17. The molecule has 2 heterocycles. The van der Waals surface area contributed by atoms with Gasteiger partial charge in [0.15, 0.2) is 23.3 Å². The van der Waals surface area contributed by atoms with E-state index in [2.05, 4.69) is 206 Å². The third kappa shape index (κ3) is 7.97. The lowest BCUT2D eigenvalue weighted by molar-refractivity contribution is 1.07. The minimum absolute atomic E-state index is 0.594. The number of rotatable bonds is 9. The van der Waals surface area contributed by atoms with Gasteiger partial charge in [0.05, 0.1) is 11.4 Å². The van der Waals surface area contributed by atoms with Crippen molar-refractivity contribution in [3.63, 3.8) is 0 Å². The molecule has 5 nitrogen and oxygen atoms in total. The van der Waals surface area contributed by atoms with Gasteiger partial charge in [0.1, 0.15) is 0 Å². The van der Waals surface area contributed by atoms with Crippen molar-refractivity contribution in [1.29, 1.82) is 0 Å². The van der Waals surface area contributed by atoms with E-state index in [0.29, 0.717) is 23.3 Å². The summed E-state index contributed by atoms with van der Waals surface area (Å²) >= 11 is 0. The van der Waals surface area contributed by atoms with Crippen LogP contribution in [-0.4, -0.2) is 24.9 Å². The summed E-state index contributed by atoms with van der Waals surface area (Å²) in [6.07, 6.45) is 0. The van der Waals surface area contributed by atoms with Gasteiger partial charge >= 0.3 is 0 Å². The SMILES string of the molecule is c1ccc(-c2cccc(-c3nc(-c4cccc(-c5ccccc5)c4)nc(-c4cccc(-c5cccc(-c6cc(-c7ccc8ccccc8c7)nc(-c7ccccc7)n6)c5)c4)n3)c2)cc1. The van der Waals surface area contributed by atoms with Crippen LogP contribution in [-0.2, 0) is 0 Å². The van der Waals surface area contributed by atoms with Gasteiger partial charge in [-0.2, -0.15) is 0 Å². The van der Waals surface area contributed by atoms with Crippen molar-refractivity contribution < 1.29 is 0 Å². The number of hydrogen-bond donors (Lipinski definition) is 0. The summed E-state index contributed by atoms with van der Waals surface area (Å²) in [5.41, 5.74) is 14.0. The first-order chi connectivity index (χ1) is 31.7. The van der Waals surface area contributed by atoms with Crippen LogP contribution >= 0.6 is 0 Å². The van der Waals surface area contributed by atoms with Gasteiger partial charge < -0.3 is 0 Å². The zero-order valence-electron chi connectivity index (χ0n) is 34.8. The maximum absolute atomic E-state index is 5.17. The monoisotopic (exact) mass is 817 g/mol. The van der Waals surface area contributed by atoms with E-state index in [4.69, 9.17) is 24.9 Å². The molecule has 9 aromatic carbocycles. The molecule has 300 valence electrons. The van der Waals surface area contributed by atoms with Crippen LogP contribution in [0, 0.1) is 0 Å². The predicted octanol–water partition coefficient (Wildman–Crippen LogP) is 14.8. The zero-order chi connectivity index (χ0) is 42.7. The second-order valence-electron chi connectivity index (χ2n) is 15.8. The summed E-state index contributed by atoms with van der Waals surface area (Å²) in [7, 11) is 0. The molecule has 0 amide bonds. The maximum Gasteiger partial charge on any atom is 0.164 e. The molecule has 0 N–H and O–H groups in total. The van der Waals surface area contributed by atoms with Gasteiger partial charge in [0.25, 0.3) is 0 Å². The molecule has 0 bridgehead atoms. The average Bonchev–Trinajstić information content (AvgIpc) is 3.39. The summed E-state index contributed by atoms with van der Waals surface area (Å²) in [5.74, 6) is 2.49. The van der Waals surface area contributed by atoms with Gasteiger partial charge in [-0.25, -0.2) is 24.9 Å². The van der Waals surface area contributed by atoms with Crippen LogP contribution in [0.25, 0.3) is 112 Å². The Balaban J connectivity index is 1.00. The Morgan fingerprint density at radius 3 is 0.984 bits per heavy atom. The lowest BCUT2D eigenvalue weighted by Crippen LogP contribution is -2.00. The molecule has 0 saturated carbocycles. The molecule has 11 rings (SSSR count). The van der Waals surface area contributed by atoms with Crippen LogP contribution in [0.2, 0.25) is 0 Å². The molecule has 64 heavy (non-hydrogen) atoms. The Hall–Kier alpha value is -8.67. The number of nitrogens with zero attached hydrogens (tertiary/aromatic N) is 5. The Morgan fingerprint density at radius 2 is 0.500 bits per heavy atom. The Morgan fingerprint density at radius 1 is 0.172 bits per heavy atom. The van der Waals surface area contributed by atoms with E-state index in [-0.39, 0.29) is 0 Å². The molecule has 0 fully saturated rings. The van der Waals surface area contributed by atoms with E-state index in [1.54, 1.807) is 0 Å². The first kappa shape index (κ1) is 38.3. The smallest absolute Gasteiger partial charge is 0.164 e. The van der Waals surface area contributed by atoms with E-state index in [9.17, 15) is 0 Å². The molecule has 2 aromatic heterocycles. The molecule has 0 unspecified atom stereocenters. The largest absolute Gasteiger partial charge is 0.228 e. The number of hydrogen-bond acceptors (Lipinski definition) is 5. The van der Waals surface area contributed by atoms with Gasteiger partial charge in [-0.15, -0.1) is 0 Å². The van der Waals surface area contributed by atoms with Gasteiger partial charge in [-0.1, -0.05) is 200 Å². The molecular formula is C59H39N5. The van der Waals surface area contributed by atoms with Crippen molar-refractivity contribution in [2.24, 2.45) is 0 Å². The molecule has 0 atom stereocenters. The molecule has 0 aliphatic rings. The molecule has 0 aliphatic carbocycles. The predicted molar refractivity (Wildman–Crippen MR) is 262 cm³/mol. The number of benzene rings is 9. The fourth-order valence-corrected chi connectivity index (χ4v) is 8.20. The summed E-state index contributed by atoms with van der Waals surface area (Å²) in [4.78, 5) is 25.7. The summed E-state index contributed by atoms with van der Waals surface area (Å²) in [5, 5.41) is 2.36. The van der Waals surface area contributed by atoms with E-state index in [1.165, 1.54) is 10.8 Å². The van der Waals surface area contributed by atoms with Crippen LogP contribution in [0.15, 0.2) is 237 Å². The van der Waals surface area contributed by atoms with Gasteiger partial charge in [-0.05, 0) is 80.6 Å². The summed E-state index contributed by atoms with van der Waals surface area (Å²) in [6.45, 7) is 0. The van der Waals surface area contributed by atoms with Gasteiger partial charge in [0, 0.05) is 33.4 Å². The van der Waals surface area contributed by atoms with Crippen LogP contribution < -0.4 is 0 Å². The standard InChI is InChI=1S/C59H39N5/c1-4-16-40(17-5-1)45-24-13-29-51(36-45)57-62-58(52-30-14-25-46(37-52)41-18-6-2-7-19-41)64-59(63-57)53-31-15-27-48(38-53)47-26-12-28-49(35-47)54-39-55(61-56(60-54)43-21-8-3-9-22-43)50-33-32-42-20-10-11-23-44(42)34-50/h1-39H. The highest BCUT2D eigenvalue weighted by molar-refractivity contribution is 5.88. The fraction of sp³-hybridized carbons (Fsp3) is 0. The Labute approximate surface area is 372 Å².